The Balaban J connectivity index is 2.57. The Hall–Kier alpha value is -1.03. The third-order valence-corrected chi connectivity index (χ3v) is 2.12. The van der Waals surface area contributed by atoms with Gasteiger partial charge in [-0.25, -0.2) is 0 Å². The largest absolute Gasteiger partial charge is 0.367 e. The monoisotopic (exact) mass is 153 g/mol. The van der Waals surface area contributed by atoms with Crippen molar-refractivity contribution in [1.82, 2.24) is 10.5 Å². The summed E-state index contributed by atoms with van der Waals surface area (Å²) in [6.45, 7) is 4.87. The van der Waals surface area contributed by atoms with Gasteiger partial charge >= 0.3 is 0 Å². The van der Waals surface area contributed by atoms with E-state index in [-0.39, 0.29) is 5.54 Å². The molecule has 1 aromatic rings. The van der Waals surface area contributed by atoms with Gasteiger partial charge in [0.2, 0.25) is 5.88 Å². The molecule has 0 amide bonds. The highest BCUT2D eigenvalue weighted by Gasteiger charge is 2.34. The molecular weight excluding hydrogens is 142 g/mol. The van der Waals surface area contributed by atoms with Crippen molar-refractivity contribution in [2.45, 2.75) is 25.9 Å². The van der Waals surface area contributed by atoms with Gasteiger partial charge in [0.15, 0.2) is 0 Å². The second-order valence-corrected chi connectivity index (χ2v) is 3.35. The molecule has 1 aromatic heterocycles. The normalized spacial score (nSPS) is 20.2. The molecule has 0 bridgehead atoms. The van der Waals surface area contributed by atoms with Crippen molar-refractivity contribution in [3.05, 3.63) is 11.3 Å². The smallest absolute Gasteiger partial charge is 0.226 e. The van der Waals surface area contributed by atoms with Crippen molar-refractivity contribution >= 4 is 5.88 Å². The summed E-state index contributed by atoms with van der Waals surface area (Å²) in [4.78, 5) is 0. The van der Waals surface area contributed by atoms with E-state index in [0.717, 1.165) is 17.8 Å². The predicted molar refractivity (Wildman–Crippen MR) is 40.8 cm³/mol. The Morgan fingerprint density at radius 1 is 1.64 bits per heavy atom. The molecule has 60 valence electrons. The fourth-order valence-electron chi connectivity index (χ4n) is 1.38. The first kappa shape index (κ1) is 6.67. The van der Waals surface area contributed by atoms with Crippen LogP contribution in [0.25, 0.3) is 0 Å². The fourth-order valence-corrected chi connectivity index (χ4v) is 1.38. The molecule has 1 aliphatic rings. The molecule has 4 nitrogen and oxygen atoms in total. The maximum absolute atomic E-state index is 5.54. The zero-order valence-electron chi connectivity index (χ0n) is 6.64. The Morgan fingerprint density at radius 2 is 2.36 bits per heavy atom. The summed E-state index contributed by atoms with van der Waals surface area (Å²) in [5, 5.41) is 7.17. The van der Waals surface area contributed by atoms with Crippen molar-refractivity contribution in [1.29, 1.82) is 0 Å². The van der Waals surface area contributed by atoms with Gasteiger partial charge in [-0.2, -0.15) is 0 Å². The third-order valence-electron chi connectivity index (χ3n) is 2.12. The van der Waals surface area contributed by atoms with E-state index in [1.807, 2.05) is 0 Å². The van der Waals surface area contributed by atoms with Gasteiger partial charge in [0.25, 0.3) is 0 Å². The van der Waals surface area contributed by atoms with Crippen LogP contribution in [0.2, 0.25) is 0 Å². The molecular formula is C7H11N3O. The number of nitrogen functional groups attached to an aromatic ring is 1. The number of fused-ring (bicyclic) bond motifs is 1. The summed E-state index contributed by atoms with van der Waals surface area (Å²) in [6.07, 6.45) is 0. The van der Waals surface area contributed by atoms with E-state index in [4.69, 9.17) is 10.3 Å². The van der Waals surface area contributed by atoms with Gasteiger partial charge in [-0.3, -0.25) is 0 Å². The van der Waals surface area contributed by atoms with E-state index < -0.39 is 0 Å². The molecule has 0 aromatic carbocycles. The third kappa shape index (κ3) is 0.758. The van der Waals surface area contributed by atoms with Crippen LogP contribution in [-0.2, 0) is 12.1 Å². The molecule has 11 heavy (non-hydrogen) atoms. The molecule has 1 aliphatic heterocycles. The molecule has 0 saturated heterocycles. The summed E-state index contributed by atoms with van der Waals surface area (Å²) in [5.41, 5.74) is 7.41. The van der Waals surface area contributed by atoms with Crippen LogP contribution in [0.3, 0.4) is 0 Å². The number of aromatic nitrogens is 1. The van der Waals surface area contributed by atoms with E-state index in [0.29, 0.717) is 5.88 Å². The van der Waals surface area contributed by atoms with E-state index in [1.54, 1.807) is 0 Å². The van der Waals surface area contributed by atoms with Crippen LogP contribution in [0.15, 0.2) is 4.52 Å². The van der Waals surface area contributed by atoms with E-state index in [9.17, 15) is 0 Å². The van der Waals surface area contributed by atoms with Gasteiger partial charge < -0.3 is 15.6 Å². The highest BCUT2D eigenvalue weighted by atomic mass is 16.5. The van der Waals surface area contributed by atoms with Gasteiger partial charge in [0.1, 0.15) is 5.69 Å². The summed E-state index contributed by atoms with van der Waals surface area (Å²) in [7, 11) is 0. The minimum Gasteiger partial charge on any atom is -0.367 e. The van der Waals surface area contributed by atoms with Crippen molar-refractivity contribution in [3.63, 3.8) is 0 Å². The zero-order chi connectivity index (χ0) is 8.06. The van der Waals surface area contributed by atoms with Crippen LogP contribution in [-0.4, -0.2) is 5.16 Å². The van der Waals surface area contributed by atoms with Gasteiger partial charge in [-0.05, 0) is 13.8 Å². The highest BCUT2D eigenvalue weighted by molar-refractivity contribution is 5.44. The fraction of sp³-hybridized carbons (Fsp3) is 0.571. The van der Waals surface area contributed by atoms with Crippen LogP contribution in [0.1, 0.15) is 25.1 Å². The van der Waals surface area contributed by atoms with Crippen LogP contribution < -0.4 is 11.1 Å². The molecule has 0 aliphatic carbocycles. The minimum absolute atomic E-state index is 0.0869. The van der Waals surface area contributed by atoms with Crippen LogP contribution in [0.5, 0.6) is 0 Å². The summed E-state index contributed by atoms with van der Waals surface area (Å²) >= 11 is 0. The molecule has 0 atom stereocenters. The van der Waals surface area contributed by atoms with Crippen molar-refractivity contribution < 1.29 is 4.52 Å². The average Bonchev–Trinajstić information content (AvgIpc) is 2.39. The van der Waals surface area contributed by atoms with Crippen LogP contribution in [0.4, 0.5) is 5.88 Å². The molecule has 0 saturated carbocycles. The topological polar surface area (TPSA) is 64.1 Å². The molecule has 2 rings (SSSR count). The van der Waals surface area contributed by atoms with Gasteiger partial charge in [0.05, 0.1) is 11.1 Å². The molecule has 0 radical (unpaired) electrons. The number of hydrogen-bond donors (Lipinski definition) is 2. The maximum Gasteiger partial charge on any atom is 0.226 e. The lowest BCUT2D eigenvalue weighted by atomic mass is 10.0. The molecule has 0 fully saturated rings. The first-order valence-corrected chi connectivity index (χ1v) is 3.61. The molecule has 2 heterocycles. The number of rotatable bonds is 0. The molecule has 3 N–H and O–H groups in total. The highest BCUT2D eigenvalue weighted by Crippen LogP contribution is 2.32. The Kier molecular flexibility index (Phi) is 1.07. The quantitative estimate of drug-likeness (QED) is 0.572. The van der Waals surface area contributed by atoms with Crippen molar-refractivity contribution in [3.8, 4) is 0 Å². The molecule has 0 unspecified atom stereocenters. The summed E-state index contributed by atoms with van der Waals surface area (Å²) < 4.78 is 4.86. The minimum atomic E-state index is -0.0869. The van der Waals surface area contributed by atoms with E-state index in [2.05, 4.69) is 24.3 Å². The van der Waals surface area contributed by atoms with E-state index >= 15 is 0 Å². The van der Waals surface area contributed by atoms with Crippen molar-refractivity contribution in [2.24, 2.45) is 0 Å². The molecule has 4 heteroatoms. The maximum atomic E-state index is 5.54. The van der Waals surface area contributed by atoms with Gasteiger partial charge in [-0.15, -0.1) is 0 Å². The summed E-state index contributed by atoms with van der Waals surface area (Å²) in [5.74, 6) is 0.443. The lowest BCUT2D eigenvalue weighted by molar-refractivity contribution is 0.363. The van der Waals surface area contributed by atoms with E-state index in [1.165, 1.54) is 0 Å². The number of hydrogen-bond acceptors (Lipinski definition) is 4. The van der Waals surface area contributed by atoms with Crippen molar-refractivity contribution in [2.75, 3.05) is 5.73 Å². The predicted octanol–water partition coefficient (Wildman–Crippen LogP) is 0.595. The number of nitrogens with zero attached hydrogens (tertiary/aromatic N) is 1. The average molecular weight is 153 g/mol. The second-order valence-electron chi connectivity index (χ2n) is 3.35. The number of nitrogens with one attached hydrogen (secondary N) is 1. The van der Waals surface area contributed by atoms with Gasteiger partial charge in [0, 0.05) is 6.54 Å². The Labute approximate surface area is 64.7 Å². The van der Waals surface area contributed by atoms with Crippen LogP contribution in [0, 0.1) is 0 Å². The molecule has 0 spiro atoms. The second kappa shape index (κ2) is 1.76. The Bertz CT molecular complexity index is 290. The van der Waals surface area contributed by atoms with Gasteiger partial charge in [-0.1, -0.05) is 5.16 Å². The number of anilines is 1. The SMILES string of the molecule is CC1(C)NCc2c1noc2N. The lowest BCUT2D eigenvalue weighted by Gasteiger charge is -2.15. The summed E-state index contributed by atoms with van der Waals surface area (Å²) in [6, 6.07) is 0. The zero-order valence-corrected chi connectivity index (χ0v) is 6.64. The lowest BCUT2D eigenvalue weighted by Crippen LogP contribution is -2.29. The van der Waals surface area contributed by atoms with Crippen LogP contribution >= 0.6 is 0 Å². The number of nitrogens with two attached hydrogens (primary N) is 1. The first-order valence-electron chi connectivity index (χ1n) is 3.61. The first-order chi connectivity index (χ1) is 5.11. The standard InChI is InChI=1S/C7H11N3O/c1-7(2)5-4(3-9-7)6(8)11-10-5/h9H,3,8H2,1-2H3. The Morgan fingerprint density at radius 3 is 3.00 bits per heavy atom.